The Hall–Kier alpha value is -1.10. The first-order chi connectivity index (χ1) is 9.84. The van der Waals surface area contributed by atoms with E-state index in [0.29, 0.717) is 44.7 Å². The largest absolute Gasteiger partial charge is 0.481 e. The highest BCUT2D eigenvalue weighted by atomic mass is 16.4. The molecule has 0 radical (unpaired) electrons. The number of hydrogen-bond acceptors (Lipinski definition) is 3. The van der Waals surface area contributed by atoms with Gasteiger partial charge in [-0.2, -0.15) is 0 Å². The number of carboxylic acid groups (broad SMARTS) is 1. The molecule has 0 aromatic carbocycles. The van der Waals surface area contributed by atoms with Crippen molar-refractivity contribution in [3.8, 4) is 0 Å². The van der Waals surface area contributed by atoms with Crippen LogP contribution in [0.2, 0.25) is 0 Å². The molecule has 1 aliphatic carbocycles. The normalized spacial score (nSPS) is 37.3. The minimum atomic E-state index is -0.842. The topological polar surface area (TPSA) is 77.8 Å². The van der Waals surface area contributed by atoms with Crippen molar-refractivity contribution in [2.24, 2.45) is 17.8 Å². The fourth-order valence-electron chi connectivity index (χ4n) is 3.74. The number of likely N-dealkylation sites (tertiary alicyclic amines) is 1. The summed E-state index contributed by atoms with van der Waals surface area (Å²) in [7, 11) is 0. The van der Waals surface area contributed by atoms with Gasteiger partial charge in [0.1, 0.15) is 0 Å². The van der Waals surface area contributed by atoms with Gasteiger partial charge in [-0.1, -0.05) is 13.3 Å². The van der Waals surface area contributed by atoms with E-state index in [2.05, 4.69) is 6.92 Å². The van der Waals surface area contributed by atoms with Gasteiger partial charge in [-0.15, -0.1) is 0 Å². The van der Waals surface area contributed by atoms with E-state index in [1.165, 1.54) is 0 Å². The first-order valence-electron chi connectivity index (χ1n) is 8.08. The molecule has 1 heterocycles. The zero-order valence-corrected chi connectivity index (χ0v) is 13.0. The van der Waals surface area contributed by atoms with E-state index >= 15 is 0 Å². The molecule has 21 heavy (non-hydrogen) atoms. The summed E-state index contributed by atoms with van der Waals surface area (Å²) in [6.07, 6.45) is 4.29. The molecule has 2 aliphatic rings. The Bertz CT molecular complexity index is 407. The third-order valence-corrected chi connectivity index (χ3v) is 5.25. The van der Waals surface area contributed by atoms with Gasteiger partial charge in [0.2, 0.25) is 5.91 Å². The van der Waals surface area contributed by atoms with Crippen LogP contribution >= 0.6 is 0 Å². The van der Waals surface area contributed by atoms with Crippen molar-refractivity contribution in [3.63, 3.8) is 0 Å². The average Bonchev–Trinajstić information content (AvgIpc) is 2.77. The third-order valence-electron chi connectivity index (χ3n) is 5.25. The summed E-state index contributed by atoms with van der Waals surface area (Å²) in [4.78, 5) is 25.9. The SMILES string of the molecule is CCC1CC(C(=O)O)C(C(=O)N2CCCC(C)(O)CC2)C1. The monoisotopic (exact) mass is 297 g/mol. The second-order valence-corrected chi connectivity index (χ2v) is 6.97. The number of carboxylic acids is 1. The lowest BCUT2D eigenvalue weighted by Gasteiger charge is -2.26. The van der Waals surface area contributed by atoms with E-state index < -0.39 is 17.5 Å². The highest BCUT2D eigenvalue weighted by Gasteiger charge is 2.44. The molecule has 5 heteroatoms. The van der Waals surface area contributed by atoms with Crippen LogP contribution in [0.3, 0.4) is 0 Å². The summed E-state index contributed by atoms with van der Waals surface area (Å²) in [5.74, 6) is -1.43. The van der Waals surface area contributed by atoms with Crippen molar-refractivity contribution >= 4 is 11.9 Å². The number of aliphatic carboxylic acids is 1. The first kappa shape index (κ1) is 16.3. The van der Waals surface area contributed by atoms with Crippen LogP contribution in [0.4, 0.5) is 0 Å². The van der Waals surface area contributed by atoms with Crippen molar-refractivity contribution in [2.75, 3.05) is 13.1 Å². The maximum atomic E-state index is 12.7. The molecule has 120 valence electrons. The molecule has 1 saturated carbocycles. The predicted molar refractivity (Wildman–Crippen MR) is 78.7 cm³/mol. The zero-order chi connectivity index (χ0) is 15.6. The van der Waals surface area contributed by atoms with Crippen molar-refractivity contribution < 1.29 is 19.8 Å². The van der Waals surface area contributed by atoms with Gasteiger partial charge in [-0.05, 0) is 44.9 Å². The Morgan fingerprint density at radius 1 is 1.19 bits per heavy atom. The maximum Gasteiger partial charge on any atom is 0.307 e. The third kappa shape index (κ3) is 3.76. The number of carbonyl (C=O) groups is 2. The fourth-order valence-corrected chi connectivity index (χ4v) is 3.74. The molecule has 0 bridgehead atoms. The second kappa shape index (κ2) is 6.34. The molecular weight excluding hydrogens is 270 g/mol. The number of hydrogen-bond donors (Lipinski definition) is 2. The number of carbonyl (C=O) groups excluding carboxylic acids is 1. The lowest BCUT2D eigenvalue weighted by atomic mass is 9.94. The van der Waals surface area contributed by atoms with Gasteiger partial charge in [0.05, 0.1) is 17.4 Å². The van der Waals surface area contributed by atoms with Crippen molar-refractivity contribution in [2.45, 2.75) is 58.0 Å². The molecule has 0 aromatic heterocycles. The summed E-state index contributed by atoms with van der Waals surface area (Å²) < 4.78 is 0. The van der Waals surface area contributed by atoms with Crippen LogP contribution in [-0.2, 0) is 9.59 Å². The van der Waals surface area contributed by atoms with E-state index in [0.717, 1.165) is 12.8 Å². The van der Waals surface area contributed by atoms with Gasteiger partial charge in [0.15, 0.2) is 0 Å². The van der Waals surface area contributed by atoms with Gasteiger partial charge in [0.25, 0.3) is 0 Å². The van der Waals surface area contributed by atoms with E-state index in [-0.39, 0.29) is 11.8 Å². The van der Waals surface area contributed by atoms with E-state index in [9.17, 15) is 19.8 Å². The highest BCUT2D eigenvalue weighted by molar-refractivity contribution is 5.85. The number of rotatable bonds is 3. The van der Waals surface area contributed by atoms with Gasteiger partial charge in [0, 0.05) is 13.1 Å². The number of aliphatic hydroxyl groups is 1. The van der Waals surface area contributed by atoms with Crippen molar-refractivity contribution in [1.82, 2.24) is 4.90 Å². The van der Waals surface area contributed by atoms with E-state index in [1.54, 1.807) is 4.90 Å². The Kier molecular flexibility index (Phi) is 4.91. The number of amides is 1. The molecule has 2 N–H and O–H groups in total. The molecule has 2 fully saturated rings. The molecule has 1 amide bonds. The Labute approximate surface area is 126 Å². The molecule has 0 spiro atoms. The molecule has 2 rings (SSSR count). The summed E-state index contributed by atoms with van der Waals surface area (Å²) in [6, 6.07) is 0. The molecule has 5 nitrogen and oxygen atoms in total. The van der Waals surface area contributed by atoms with Crippen molar-refractivity contribution in [3.05, 3.63) is 0 Å². The first-order valence-corrected chi connectivity index (χ1v) is 8.08. The summed E-state index contributed by atoms with van der Waals surface area (Å²) in [6.45, 7) is 5.03. The fraction of sp³-hybridized carbons (Fsp3) is 0.875. The molecule has 4 unspecified atom stereocenters. The van der Waals surface area contributed by atoms with Crippen LogP contribution in [0.1, 0.15) is 52.4 Å². The maximum absolute atomic E-state index is 12.7. The molecule has 1 aliphatic heterocycles. The van der Waals surface area contributed by atoms with E-state index in [4.69, 9.17) is 0 Å². The second-order valence-electron chi connectivity index (χ2n) is 6.97. The minimum absolute atomic E-state index is 0.0175. The van der Waals surface area contributed by atoms with Gasteiger partial charge in [-0.3, -0.25) is 9.59 Å². The minimum Gasteiger partial charge on any atom is -0.481 e. The van der Waals surface area contributed by atoms with Crippen LogP contribution < -0.4 is 0 Å². The van der Waals surface area contributed by atoms with Crippen molar-refractivity contribution in [1.29, 1.82) is 0 Å². The summed E-state index contributed by atoms with van der Waals surface area (Å²) in [5.41, 5.74) is -0.705. The Morgan fingerprint density at radius 2 is 1.86 bits per heavy atom. The lowest BCUT2D eigenvalue weighted by molar-refractivity contribution is -0.149. The highest BCUT2D eigenvalue weighted by Crippen LogP contribution is 2.39. The average molecular weight is 297 g/mol. The van der Waals surface area contributed by atoms with Crippen LogP contribution in [0.15, 0.2) is 0 Å². The van der Waals surface area contributed by atoms with Crippen LogP contribution in [0.25, 0.3) is 0 Å². The lowest BCUT2D eigenvalue weighted by Crippen LogP contribution is -2.40. The zero-order valence-electron chi connectivity index (χ0n) is 13.0. The van der Waals surface area contributed by atoms with E-state index in [1.807, 2.05) is 6.92 Å². The quantitative estimate of drug-likeness (QED) is 0.834. The standard InChI is InChI=1S/C16H27NO4/c1-3-11-9-12(13(10-11)15(19)20)14(18)17-7-4-5-16(2,21)6-8-17/h11-13,21H,3-10H2,1-2H3,(H,19,20). The summed E-state index contributed by atoms with van der Waals surface area (Å²) in [5, 5.41) is 19.5. The molecule has 4 atom stereocenters. The Morgan fingerprint density at radius 3 is 2.48 bits per heavy atom. The predicted octanol–water partition coefficient (Wildman–Crippen LogP) is 1.89. The van der Waals surface area contributed by atoms with Crippen LogP contribution in [0.5, 0.6) is 0 Å². The molecular formula is C16H27NO4. The number of nitrogens with zero attached hydrogens (tertiary/aromatic N) is 1. The van der Waals surface area contributed by atoms with Gasteiger partial charge in [-0.25, -0.2) is 0 Å². The smallest absolute Gasteiger partial charge is 0.307 e. The van der Waals surface area contributed by atoms with Gasteiger partial charge < -0.3 is 15.1 Å². The molecule has 1 saturated heterocycles. The van der Waals surface area contributed by atoms with Gasteiger partial charge >= 0.3 is 5.97 Å². The Balaban J connectivity index is 2.05. The van der Waals surface area contributed by atoms with Crippen LogP contribution in [0, 0.1) is 17.8 Å². The van der Waals surface area contributed by atoms with Crippen LogP contribution in [-0.4, -0.2) is 45.7 Å². The molecule has 0 aromatic rings. The summed E-state index contributed by atoms with van der Waals surface area (Å²) >= 11 is 0.